The molecule has 6 heteroatoms. The van der Waals surface area contributed by atoms with E-state index in [0.29, 0.717) is 19.1 Å². The second-order valence-corrected chi connectivity index (χ2v) is 6.25. The highest BCUT2D eigenvalue weighted by atomic mass is 16.5. The minimum absolute atomic E-state index is 0.154. The molecule has 1 saturated carbocycles. The zero-order chi connectivity index (χ0) is 15.4. The molecule has 1 saturated heterocycles. The van der Waals surface area contributed by atoms with Crippen molar-refractivity contribution in [2.24, 2.45) is 11.8 Å². The van der Waals surface area contributed by atoms with Crippen LogP contribution in [-0.4, -0.2) is 53.8 Å². The van der Waals surface area contributed by atoms with Gasteiger partial charge in [-0.05, 0) is 25.7 Å². The van der Waals surface area contributed by atoms with Gasteiger partial charge in [-0.3, -0.25) is 4.79 Å². The summed E-state index contributed by atoms with van der Waals surface area (Å²) < 4.78 is 5.27. The van der Waals surface area contributed by atoms with Gasteiger partial charge in [-0.25, -0.2) is 4.79 Å². The van der Waals surface area contributed by atoms with Crippen molar-refractivity contribution in [3.8, 4) is 0 Å². The van der Waals surface area contributed by atoms with Crippen LogP contribution in [0.3, 0.4) is 0 Å². The summed E-state index contributed by atoms with van der Waals surface area (Å²) >= 11 is 0. The number of rotatable bonds is 4. The number of nitrogens with one attached hydrogen (secondary N) is 1. The van der Waals surface area contributed by atoms with Gasteiger partial charge in [-0.15, -0.1) is 0 Å². The highest BCUT2D eigenvalue weighted by Crippen LogP contribution is 2.25. The van der Waals surface area contributed by atoms with Gasteiger partial charge in [0.1, 0.15) is 5.92 Å². The molecule has 0 bridgehead atoms. The quantitative estimate of drug-likeness (QED) is 0.828. The van der Waals surface area contributed by atoms with Crippen molar-refractivity contribution in [2.75, 3.05) is 19.8 Å². The van der Waals surface area contributed by atoms with E-state index in [-0.39, 0.29) is 24.7 Å². The van der Waals surface area contributed by atoms with Crippen molar-refractivity contribution in [1.29, 1.82) is 0 Å². The van der Waals surface area contributed by atoms with Gasteiger partial charge in [0.25, 0.3) is 0 Å². The van der Waals surface area contributed by atoms with E-state index in [0.717, 1.165) is 19.3 Å². The monoisotopic (exact) mass is 298 g/mol. The summed E-state index contributed by atoms with van der Waals surface area (Å²) in [6.45, 7) is 5.07. The maximum atomic E-state index is 12.5. The van der Waals surface area contributed by atoms with E-state index in [1.807, 2.05) is 6.92 Å². The van der Waals surface area contributed by atoms with Crippen molar-refractivity contribution < 1.29 is 19.4 Å². The Hall–Kier alpha value is -1.30. The number of carbonyl (C=O) groups is 2. The number of carbonyl (C=O) groups excluding carboxylic acids is 1. The van der Waals surface area contributed by atoms with E-state index in [1.54, 1.807) is 4.90 Å². The van der Waals surface area contributed by atoms with Crippen LogP contribution in [0, 0.1) is 11.8 Å². The standard InChI is InChI=1S/C15H26N2O4/c1-3-17(13-9-21-8-12(13)14(18)19)15(20)16-11-6-4-5-10(2)7-11/h10-13H,3-9H2,1-2H3,(H,16,20)(H,18,19). The third-order valence-electron chi connectivity index (χ3n) is 4.63. The predicted molar refractivity (Wildman–Crippen MR) is 78.1 cm³/mol. The third-order valence-corrected chi connectivity index (χ3v) is 4.63. The van der Waals surface area contributed by atoms with Crippen LogP contribution in [0.1, 0.15) is 39.5 Å². The van der Waals surface area contributed by atoms with Gasteiger partial charge in [0.05, 0.1) is 19.3 Å². The van der Waals surface area contributed by atoms with Crippen molar-refractivity contribution in [3.05, 3.63) is 0 Å². The number of hydrogen-bond donors (Lipinski definition) is 2. The summed E-state index contributed by atoms with van der Waals surface area (Å²) in [7, 11) is 0. The molecule has 1 aliphatic heterocycles. The van der Waals surface area contributed by atoms with Gasteiger partial charge in [0.15, 0.2) is 0 Å². The predicted octanol–water partition coefficient (Wildman–Crippen LogP) is 1.70. The average Bonchev–Trinajstić information content (AvgIpc) is 2.89. The summed E-state index contributed by atoms with van der Waals surface area (Å²) in [6.07, 6.45) is 4.38. The van der Waals surface area contributed by atoms with E-state index in [4.69, 9.17) is 4.74 Å². The number of carboxylic acids is 1. The summed E-state index contributed by atoms with van der Waals surface area (Å²) in [6, 6.07) is -0.312. The first-order valence-electron chi connectivity index (χ1n) is 7.90. The lowest BCUT2D eigenvalue weighted by atomic mass is 9.87. The average molecular weight is 298 g/mol. The number of amides is 2. The lowest BCUT2D eigenvalue weighted by Gasteiger charge is -2.33. The van der Waals surface area contributed by atoms with Crippen molar-refractivity contribution in [3.63, 3.8) is 0 Å². The molecule has 4 atom stereocenters. The molecule has 6 nitrogen and oxygen atoms in total. The molecule has 0 aromatic carbocycles. The van der Waals surface area contributed by atoms with Crippen LogP contribution >= 0.6 is 0 Å². The number of carboxylic acid groups (broad SMARTS) is 1. The van der Waals surface area contributed by atoms with Gasteiger partial charge in [0.2, 0.25) is 0 Å². The fraction of sp³-hybridized carbons (Fsp3) is 0.867. The Bertz CT molecular complexity index is 388. The molecule has 0 aromatic rings. The molecule has 2 fully saturated rings. The van der Waals surface area contributed by atoms with Crippen LogP contribution < -0.4 is 5.32 Å². The molecule has 2 N–H and O–H groups in total. The molecule has 2 rings (SSSR count). The topological polar surface area (TPSA) is 78.9 Å². The maximum Gasteiger partial charge on any atom is 0.317 e. The molecule has 0 spiro atoms. The van der Waals surface area contributed by atoms with Crippen LogP contribution in [0.5, 0.6) is 0 Å². The second-order valence-electron chi connectivity index (χ2n) is 6.25. The smallest absolute Gasteiger partial charge is 0.317 e. The summed E-state index contributed by atoms with van der Waals surface area (Å²) in [5.74, 6) is -0.878. The van der Waals surface area contributed by atoms with Crippen molar-refractivity contribution in [2.45, 2.75) is 51.6 Å². The lowest BCUT2D eigenvalue weighted by Crippen LogP contribution is -2.53. The second kappa shape index (κ2) is 7.11. The molecule has 0 radical (unpaired) electrons. The first-order valence-corrected chi connectivity index (χ1v) is 7.90. The number of aliphatic carboxylic acids is 1. The fourth-order valence-electron chi connectivity index (χ4n) is 3.44. The third kappa shape index (κ3) is 3.87. The first kappa shape index (κ1) is 16.1. The van der Waals surface area contributed by atoms with Crippen molar-refractivity contribution in [1.82, 2.24) is 10.2 Å². The Morgan fingerprint density at radius 3 is 2.71 bits per heavy atom. The van der Waals surface area contributed by atoms with Gasteiger partial charge in [0, 0.05) is 12.6 Å². The van der Waals surface area contributed by atoms with Gasteiger partial charge < -0.3 is 20.1 Å². The first-order chi connectivity index (χ1) is 10.0. The molecule has 1 heterocycles. The van der Waals surface area contributed by atoms with Crippen LogP contribution in [0.15, 0.2) is 0 Å². The molecule has 1 aliphatic carbocycles. The number of nitrogens with zero attached hydrogens (tertiary/aromatic N) is 1. The lowest BCUT2D eigenvalue weighted by molar-refractivity contribution is -0.142. The van der Waals surface area contributed by atoms with Gasteiger partial charge in [-0.2, -0.15) is 0 Å². The Morgan fingerprint density at radius 1 is 1.33 bits per heavy atom. The Morgan fingerprint density at radius 2 is 2.10 bits per heavy atom. The van der Waals surface area contributed by atoms with E-state index in [9.17, 15) is 14.7 Å². The number of urea groups is 1. The molecular weight excluding hydrogens is 272 g/mol. The highest BCUT2D eigenvalue weighted by molar-refractivity contribution is 5.77. The van der Waals surface area contributed by atoms with Crippen LogP contribution in [0.25, 0.3) is 0 Å². The summed E-state index contributed by atoms with van der Waals surface area (Å²) in [5, 5.41) is 12.3. The molecule has 120 valence electrons. The molecule has 2 aliphatic rings. The molecule has 2 amide bonds. The van der Waals surface area contributed by atoms with E-state index < -0.39 is 11.9 Å². The maximum absolute atomic E-state index is 12.5. The minimum atomic E-state index is -0.893. The zero-order valence-electron chi connectivity index (χ0n) is 12.9. The number of ether oxygens (including phenoxy) is 1. The summed E-state index contributed by atoms with van der Waals surface area (Å²) in [5.41, 5.74) is 0. The van der Waals surface area contributed by atoms with Gasteiger partial charge >= 0.3 is 12.0 Å². The Kier molecular flexibility index (Phi) is 5.45. The van der Waals surface area contributed by atoms with E-state index in [2.05, 4.69) is 12.2 Å². The van der Waals surface area contributed by atoms with Gasteiger partial charge in [-0.1, -0.05) is 19.8 Å². The van der Waals surface area contributed by atoms with Crippen LogP contribution in [0.2, 0.25) is 0 Å². The fourth-order valence-corrected chi connectivity index (χ4v) is 3.44. The highest BCUT2D eigenvalue weighted by Gasteiger charge is 2.39. The summed E-state index contributed by atoms with van der Waals surface area (Å²) in [4.78, 5) is 25.3. The zero-order valence-corrected chi connectivity index (χ0v) is 12.9. The van der Waals surface area contributed by atoms with E-state index in [1.165, 1.54) is 6.42 Å². The molecule has 4 unspecified atom stereocenters. The van der Waals surface area contributed by atoms with Crippen molar-refractivity contribution >= 4 is 12.0 Å². The van der Waals surface area contributed by atoms with Crippen LogP contribution in [-0.2, 0) is 9.53 Å². The minimum Gasteiger partial charge on any atom is -0.481 e. The SMILES string of the molecule is CCN(C(=O)NC1CCCC(C)C1)C1COCC1C(=O)O. The molecule has 0 aromatic heterocycles. The number of likely N-dealkylation sites (N-methyl/N-ethyl adjacent to an activating group) is 1. The van der Waals surface area contributed by atoms with Crippen LogP contribution in [0.4, 0.5) is 4.79 Å². The Labute approximate surface area is 125 Å². The molecule has 21 heavy (non-hydrogen) atoms. The Balaban J connectivity index is 1.96. The normalized spacial score (nSPS) is 32.7. The number of hydrogen-bond acceptors (Lipinski definition) is 3. The largest absolute Gasteiger partial charge is 0.481 e. The van der Waals surface area contributed by atoms with E-state index >= 15 is 0 Å². The molecular formula is C15H26N2O4.